The Morgan fingerprint density at radius 1 is 1.19 bits per heavy atom. The van der Waals surface area contributed by atoms with Gasteiger partial charge in [0.25, 0.3) is 0 Å². The molecule has 1 saturated heterocycles. The summed E-state index contributed by atoms with van der Waals surface area (Å²) in [6.45, 7) is 11.5. The zero-order valence-electron chi connectivity index (χ0n) is 17.7. The van der Waals surface area contributed by atoms with E-state index in [1.807, 2.05) is 6.07 Å². The maximum atomic E-state index is 12.5. The number of anilines is 1. The third-order valence-corrected chi connectivity index (χ3v) is 6.06. The average Bonchev–Trinajstić information content (AvgIpc) is 2.79. The molecular formula is C25H24N4O3. The molecule has 0 bridgehead atoms. The van der Waals surface area contributed by atoms with Crippen LogP contribution in [0, 0.1) is 12.5 Å². The van der Waals surface area contributed by atoms with Crippen molar-refractivity contribution in [3.05, 3.63) is 93.5 Å². The maximum Gasteiger partial charge on any atom is 0.227 e. The van der Waals surface area contributed by atoms with Gasteiger partial charge in [0.1, 0.15) is 17.8 Å². The smallest absolute Gasteiger partial charge is 0.227 e. The molecule has 0 aliphatic carbocycles. The highest BCUT2D eigenvalue weighted by molar-refractivity contribution is 5.50. The normalized spacial score (nSPS) is 16.2. The summed E-state index contributed by atoms with van der Waals surface area (Å²) >= 11 is 0. The lowest BCUT2D eigenvalue weighted by atomic mass is 10.00. The van der Waals surface area contributed by atoms with E-state index in [1.54, 1.807) is 18.3 Å². The number of rotatable bonds is 6. The number of nitrogens with zero attached hydrogens (tertiary/aromatic N) is 4. The highest BCUT2D eigenvalue weighted by Crippen LogP contribution is 2.25. The van der Waals surface area contributed by atoms with E-state index in [2.05, 4.69) is 43.9 Å². The standard InChI is InChI=1S/C25H24N4O3/c1-26-21-6-7-25(27-11-21)29-12-18(13-29)16-32-24-17-31-22(10-23(24)30)15-28-9-8-19-4-2-3-5-20(19)14-28/h2-7,10-11,17-18H,8-9,12-16H2. The van der Waals surface area contributed by atoms with Gasteiger partial charge in [0, 0.05) is 44.4 Å². The largest absolute Gasteiger partial charge is 0.486 e. The molecule has 0 atom stereocenters. The number of benzene rings is 1. The van der Waals surface area contributed by atoms with Gasteiger partial charge in [-0.2, -0.15) is 0 Å². The van der Waals surface area contributed by atoms with Crippen molar-refractivity contribution < 1.29 is 9.15 Å². The van der Waals surface area contributed by atoms with Crippen molar-refractivity contribution in [1.82, 2.24) is 9.88 Å². The molecule has 0 N–H and O–H groups in total. The van der Waals surface area contributed by atoms with E-state index in [0.29, 0.717) is 30.5 Å². The van der Waals surface area contributed by atoms with Crippen molar-refractivity contribution >= 4 is 11.5 Å². The summed E-state index contributed by atoms with van der Waals surface area (Å²) in [4.78, 5) is 24.6. The summed E-state index contributed by atoms with van der Waals surface area (Å²) in [5, 5.41) is 0. The zero-order valence-corrected chi connectivity index (χ0v) is 17.7. The van der Waals surface area contributed by atoms with Crippen LogP contribution in [0.1, 0.15) is 16.9 Å². The predicted molar refractivity (Wildman–Crippen MR) is 121 cm³/mol. The van der Waals surface area contributed by atoms with Crippen molar-refractivity contribution in [2.45, 2.75) is 19.5 Å². The summed E-state index contributed by atoms with van der Waals surface area (Å²) in [6, 6.07) is 13.7. The fourth-order valence-electron chi connectivity index (χ4n) is 4.24. The summed E-state index contributed by atoms with van der Waals surface area (Å²) in [5.74, 6) is 2.10. The number of aromatic nitrogens is 1. The molecule has 0 unspecified atom stereocenters. The van der Waals surface area contributed by atoms with Gasteiger partial charge < -0.3 is 14.1 Å². The summed E-state index contributed by atoms with van der Waals surface area (Å²) in [6.07, 6.45) is 4.04. The SMILES string of the molecule is [C-]#[N+]c1ccc(N2CC(COc3coc(CN4CCc5ccccc5C4)cc3=O)C2)nc1. The molecule has 0 saturated carbocycles. The fraction of sp³-hybridized carbons (Fsp3) is 0.320. The lowest BCUT2D eigenvalue weighted by molar-refractivity contribution is 0.205. The number of pyridine rings is 1. The van der Waals surface area contributed by atoms with Gasteiger partial charge in [-0.25, -0.2) is 4.85 Å². The van der Waals surface area contributed by atoms with Gasteiger partial charge in [0.05, 0.1) is 19.7 Å². The van der Waals surface area contributed by atoms with E-state index >= 15 is 0 Å². The highest BCUT2D eigenvalue weighted by Gasteiger charge is 2.28. The Labute approximate surface area is 186 Å². The first kappa shape index (κ1) is 20.3. The minimum atomic E-state index is -0.142. The molecular weight excluding hydrogens is 404 g/mol. The van der Waals surface area contributed by atoms with Crippen LogP contribution in [0.4, 0.5) is 11.5 Å². The quantitative estimate of drug-likeness (QED) is 0.559. The molecule has 0 amide bonds. The molecule has 0 spiro atoms. The Morgan fingerprint density at radius 2 is 2.03 bits per heavy atom. The molecule has 3 aromatic rings. The van der Waals surface area contributed by atoms with Gasteiger partial charge in [-0.05, 0) is 23.6 Å². The van der Waals surface area contributed by atoms with E-state index in [-0.39, 0.29) is 11.2 Å². The second-order valence-electron chi connectivity index (χ2n) is 8.37. The van der Waals surface area contributed by atoms with Crippen LogP contribution < -0.4 is 15.1 Å². The van der Waals surface area contributed by atoms with Crippen LogP contribution in [0.5, 0.6) is 5.75 Å². The van der Waals surface area contributed by atoms with E-state index in [1.165, 1.54) is 17.4 Å². The molecule has 7 heteroatoms. The Hall–Kier alpha value is -3.63. The molecule has 2 aliphatic heterocycles. The summed E-state index contributed by atoms with van der Waals surface area (Å²) < 4.78 is 11.5. The Balaban J connectivity index is 1.11. The molecule has 4 heterocycles. The van der Waals surface area contributed by atoms with E-state index < -0.39 is 0 Å². The topological polar surface area (TPSA) is 63.2 Å². The first-order valence-corrected chi connectivity index (χ1v) is 10.8. The van der Waals surface area contributed by atoms with Gasteiger partial charge in [-0.3, -0.25) is 14.7 Å². The van der Waals surface area contributed by atoms with Crippen molar-refractivity contribution in [2.24, 2.45) is 5.92 Å². The first-order valence-electron chi connectivity index (χ1n) is 10.8. The van der Waals surface area contributed by atoms with Crippen molar-refractivity contribution in [3.63, 3.8) is 0 Å². The van der Waals surface area contributed by atoms with Gasteiger partial charge in [0.15, 0.2) is 0 Å². The Bertz CT molecular complexity index is 1190. The van der Waals surface area contributed by atoms with E-state index in [9.17, 15) is 4.79 Å². The lowest BCUT2D eigenvalue weighted by Crippen LogP contribution is -2.49. The molecule has 0 radical (unpaired) electrons. The zero-order chi connectivity index (χ0) is 21.9. The van der Waals surface area contributed by atoms with Crippen LogP contribution in [0.3, 0.4) is 0 Å². The van der Waals surface area contributed by atoms with Crippen molar-refractivity contribution in [2.75, 3.05) is 31.1 Å². The van der Waals surface area contributed by atoms with Crippen LogP contribution in [0.25, 0.3) is 4.85 Å². The molecule has 1 fully saturated rings. The number of hydrogen-bond acceptors (Lipinski definition) is 6. The van der Waals surface area contributed by atoms with Crippen molar-refractivity contribution in [1.29, 1.82) is 0 Å². The third kappa shape index (κ3) is 4.36. The maximum absolute atomic E-state index is 12.5. The van der Waals surface area contributed by atoms with Gasteiger partial charge in [0.2, 0.25) is 16.9 Å². The van der Waals surface area contributed by atoms with Crippen LogP contribution in [-0.2, 0) is 19.5 Å². The van der Waals surface area contributed by atoms with Gasteiger partial charge in [-0.1, -0.05) is 30.3 Å². The van der Waals surface area contributed by atoms with Gasteiger partial charge >= 0.3 is 0 Å². The van der Waals surface area contributed by atoms with Crippen LogP contribution in [0.2, 0.25) is 0 Å². The summed E-state index contributed by atoms with van der Waals surface area (Å²) in [5.41, 5.74) is 3.14. The average molecular weight is 428 g/mol. The molecule has 7 nitrogen and oxygen atoms in total. The molecule has 2 aromatic heterocycles. The second kappa shape index (κ2) is 8.85. The van der Waals surface area contributed by atoms with E-state index in [0.717, 1.165) is 38.4 Å². The lowest BCUT2D eigenvalue weighted by Gasteiger charge is -2.39. The predicted octanol–water partition coefficient (Wildman–Crippen LogP) is 3.66. The molecule has 5 rings (SSSR count). The molecule has 162 valence electrons. The minimum Gasteiger partial charge on any atom is -0.486 e. The second-order valence-corrected chi connectivity index (χ2v) is 8.37. The van der Waals surface area contributed by atoms with Crippen LogP contribution >= 0.6 is 0 Å². The number of fused-ring (bicyclic) bond motifs is 1. The van der Waals surface area contributed by atoms with Crippen LogP contribution in [0.15, 0.2) is 64.1 Å². The van der Waals surface area contributed by atoms with Crippen LogP contribution in [-0.4, -0.2) is 36.1 Å². The number of ether oxygens (including phenoxy) is 1. The third-order valence-electron chi connectivity index (χ3n) is 6.06. The summed E-state index contributed by atoms with van der Waals surface area (Å²) in [7, 11) is 0. The van der Waals surface area contributed by atoms with Crippen molar-refractivity contribution in [3.8, 4) is 5.75 Å². The Morgan fingerprint density at radius 3 is 2.78 bits per heavy atom. The monoisotopic (exact) mass is 428 g/mol. The number of hydrogen-bond donors (Lipinski definition) is 0. The molecule has 1 aromatic carbocycles. The Kier molecular flexibility index (Phi) is 5.61. The minimum absolute atomic E-state index is 0.142. The molecule has 32 heavy (non-hydrogen) atoms. The first-order chi connectivity index (χ1) is 15.7. The fourth-order valence-corrected chi connectivity index (χ4v) is 4.24. The molecule has 2 aliphatic rings. The van der Waals surface area contributed by atoms with E-state index in [4.69, 9.17) is 15.7 Å². The highest BCUT2D eigenvalue weighted by atomic mass is 16.5. The van der Waals surface area contributed by atoms with Gasteiger partial charge in [-0.15, -0.1) is 0 Å².